The van der Waals surface area contributed by atoms with Crippen LogP contribution >= 0.6 is 11.3 Å². The molecule has 0 aliphatic heterocycles. The largest absolute Gasteiger partial charge is 0.394 e. The van der Waals surface area contributed by atoms with Gasteiger partial charge in [-0.3, -0.25) is 0 Å². The Morgan fingerprint density at radius 3 is 2.92 bits per heavy atom. The van der Waals surface area contributed by atoms with E-state index in [9.17, 15) is 0 Å². The van der Waals surface area contributed by atoms with Crippen molar-refractivity contribution < 1.29 is 9.84 Å². The van der Waals surface area contributed by atoms with Gasteiger partial charge < -0.3 is 15.2 Å². The number of aliphatic hydroxyl groups is 1. The smallest absolute Gasteiger partial charge is 0.123 e. The molecular weight excluding hydrogens is 320 g/mol. The molecule has 0 fully saturated rings. The molecule has 1 atom stereocenters. The van der Waals surface area contributed by atoms with Gasteiger partial charge in [-0.2, -0.15) is 0 Å². The van der Waals surface area contributed by atoms with Crippen molar-refractivity contribution in [1.29, 1.82) is 0 Å². The average Bonchev–Trinajstić information content (AvgIpc) is 3.03. The van der Waals surface area contributed by atoms with Crippen molar-refractivity contribution in [2.45, 2.75) is 38.6 Å². The third kappa shape index (κ3) is 4.42. The third-order valence-corrected chi connectivity index (χ3v) is 5.60. The molecule has 0 spiro atoms. The van der Waals surface area contributed by atoms with E-state index in [1.807, 2.05) is 11.3 Å². The lowest BCUT2D eigenvalue weighted by Crippen LogP contribution is -2.25. The minimum atomic E-state index is 0.0993. The molecular formula is C19H26N2O2S. The van der Waals surface area contributed by atoms with Gasteiger partial charge >= 0.3 is 0 Å². The van der Waals surface area contributed by atoms with Crippen molar-refractivity contribution in [2.24, 2.45) is 0 Å². The number of aliphatic hydroxyl groups excluding tert-OH is 1. The molecule has 1 aliphatic rings. The van der Waals surface area contributed by atoms with E-state index in [4.69, 9.17) is 14.8 Å². The van der Waals surface area contributed by atoms with E-state index >= 15 is 0 Å². The first-order valence-corrected chi connectivity index (χ1v) is 9.58. The van der Waals surface area contributed by atoms with Crippen LogP contribution in [-0.2, 0) is 11.2 Å². The summed E-state index contributed by atoms with van der Waals surface area (Å²) in [6.45, 7) is 4.28. The lowest BCUT2D eigenvalue weighted by atomic mass is 9.98. The van der Waals surface area contributed by atoms with Gasteiger partial charge in [0.05, 0.1) is 18.9 Å². The van der Waals surface area contributed by atoms with E-state index < -0.39 is 0 Å². The summed E-state index contributed by atoms with van der Waals surface area (Å²) in [6.07, 6.45) is 4.44. The maximum atomic E-state index is 8.70. The number of hydrogen-bond acceptors (Lipinski definition) is 5. The van der Waals surface area contributed by atoms with E-state index in [1.165, 1.54) is 34.5 Å². The number of ether oxygens (including phenoxy) is 1. The Hall–Kier alpha value is -1.27. The topological polar surface area (TPSA) is 54.4 Å². The summed E-state index contributed by atoms with van der Waals surface area (Å²) in [5.74, 6) is 0. The number of fused-ring (bicyclic) bond motifs is 1. The molecule has 0 saturated carbocycles. The van der Waals surface area contributed by atoms with Gasteiger partial charge in [0, 0.05) is 23.1 Å². The molecule has 1 unspecified atom stereocenters. The van der Waals surface area contributed by atoms with Crippen molar-refractivity contribution in [3.05, 3.63) is 40.4 Å². The molecule has 0 bridgehead atoms. The molecule has 0 radical (unpaired) electrons. The second-order valence-corrected chi connectivity index (χ2v) is 7.32. The van der Waals surface area contributed by atoms with Crippen molar-refractivity contribution in [1.82, 2.24) is 10.3 Å². The summed E-state index contributed by atoms with van der Waals surface area (Å²) in [5, 5.41) is 13.5. The van der Waals surface area contributed by atoms with E-state index in [0.29, 0.717) is 19.3 Å². The van der Waals surface area contributed by atoms with Gasteiger partial charge in [-0.25, -0.2) is 4.98 Å². The molecule has 1 heterocycles. The summed E-state index contributed by atoms with van der Waals surface area (Å²) in [6, 6.07) is 9.06. The van der Waals surface area contributed by atoms with E-state index in [2.05, 4.69) is 36.5 Å². The molecule has 2 aromatic rings. The summed E-state index contributed by atoms with van der Waals surface area (Å²) in [7, 11) is 0. The lowest BCUT2D eigenvalue weighted by Gasteiger charge is -2.22. The number of hydrogen-bond donors (Lipinski definition) is 2. The van der Waals surface area contributed by atoms with Crippen molar-refractivity contribution in [3.63, 3.8) is 0 Å². The van der Waals surface area contributed by atoms with Crippen LogP contribution in [0.3, 0.4) is 0 Å². The molecule has 5 heteroatoms. The number of aryl methyl sites for hydroxylation is 2. The van der Waals surface area contributed by atoms with Gasteiger partial charge in [0.1, 0.15) is 5.01 Å². The quantitative estimate of drug-likeness (QED) is 0.719. The maximum Gasteiger partial charge on any atom is 0.123 e. The summed E-state index contributed by atoms with van der Waals surface area (Å²) in [5.41, 5.74) is 3.77. The minimum Gasteiger partial charge on any atom is -0.394 e. The minimum absolute atomic E-state index is 0.0993. The van der Waals surface area contributed by atoms with Crippen molar-refractivity contribution in [3.8, 4) is 10.6 Å². The number of rotatable bonds is 8. The number of benzene rings is 1. The van der Waals surface area contributed by atoms with Gasteiger partial charge in [0.25, 0.3) is 0 Å². The maximum absolute atomic E-state index is 8.70. The zero-order chi connectivity index (χ0) is 16.8. The first-order chi connectivity index (χ1) is 11.8. The van der Waals surface area contributed by atoms with Gasteiger partial charge in [0.15, 0.2) is 0 Å². The number of thiazole rings is 1. The molecule has 0 saturated heterocycles. The molecule has 130 valence electrons. The fourth-order valence-electron chi connectivity index (χ4n) is 3.05. The molecule has 0 amide bonds. The Morgan fingerprint density at radius 1 is 1.29 bits per heavy atom. The number of nitrogens with one attached hydrogen (secondary N) is 1. The highest BCUT2D eigenvalue weighted by atomic mass is 32.1. The average molecular weight is 346 g/mol. The van der Waals surface area contributed by atoms with Crippen LogP contribution < -0.4 is 5.32 Å². The summed E-state index contributed by atoms with van der Waals surface area (Å²) < 4.78 is 5.31. The Kier molecular flexibility index (Phi) is 6.37. The van der Waals surface area contributed by atoms with Crippen LogP contribution in [0.2, 0.25) is 0 Å². The highest BCUT2D eigenvalue weighted by Gasteiger charge is 2.24. The van der Waals surface area contributed by atoms with Gasteiger partial charge in [-0.1, -0.05) is 29.8 Å². The first kappa shape index (κ1) is 17.5. The number of aromatic nitrogens is 1. The van der Waals surface area contributed by atoms with Crippen LogP contribution in [0.4, 0.5) is 0 Å². The van der Waals surface area contributed by atoms with Crippen LogP contribution in [0.25, 0.3) is 10.6 Å². The molecule has 2 N–H and O–H groups in total. The van der Waals surface area contributed by atoms with E-state index in [0.717, 1.165) is 24.4 Å². The highest BCUT2D eigenvalue weighted by molar-refractivity contribution is 7.15. The zero-order valence-corrected chi connectivity index (χ0v) is 15.1. The zero-order valence-electron chi connectivity index (χ0n) is 14.3. The molecule has 24 heavy (non-hydrogen) atoms. The Labute approximate surface area is 147 Å². The summed E-state index contributed by atoms with van der Waals surface area (Å²) in [4.78, 5) is 6.31. The predicted octanol–water partition coefficient (Wildman–Crippen LogP) is 3.48. The molecule has 3 rings (SSSR count). The van der Waals surface area contributed by atoms with Gasteiger partial charge in [-0.05, 0) is 39.2 Å². The van der Waals surface area contributed by atoms with E-state index in [-0.39, 0.29) is 6.61 Å². The normalized spacial score (nSPS) is 17.0. The SMILES string of the molecule is Cc1ccc(-c2nc3c(s2)C(NCCCOCCO)CCC3)cc1. The van der Waals surface area contributed by atoms with Crippen molar-refractivity contribution >= 4 is 11.3 Å². The second kappa shape index (κ2) is 8.72. The first-order valence-electron chi connectivity index (χ1n) is 8.76. The van der Waals surface area contributed by atoms with Crippen LogP contribution in [0, 0.1) is 6.92 Å². The summed E-state index contributed by atoms with van der Waals surface area (Å²) >= 11 is 1.84. The van der Waals surface area contributed by atoms with Crippen LogP contribution in [0.1, 0.15) is 41.4 Å². The Balaban J connectivity index is 1.61. The monoisotopic (exact) mass is 346 g/mol. The van der Waals surface area contributed by atoms with Crippen molar-refractivity contribution in [2.75, 3.05) is 26.4 Å². The van der Waals surface area contributed by atoms with Gasteiger partial charge in [0.2, 0.25) is 0 Å². The Bertz CT molecular complexity index is 639. The van der Waals surface area contributed by atoms with Gasteiger partial charge in [-0.15, -0.1) is 11.3 Å². The predicted molar refractivity (Wildman–Crippen MR) is 98.5 cm³/mol. The molecule has 1 aromatic heterocycles. The van der Waals surface area contributed by atoms with Crippen LogP contribution in [0.5, 0.6) is 0 Å². The molecule has 1 aromatic carbocycles. The molecule has 1 aliphatic carbocycles. The fraction of sp³-hybridized carbons (Fsp3) is 0.526. The fourth-order valence-corrected chi connectivity index (χ4v) is 4.28. The highest BCUT2D eigenvalue weighted by Crippen LogP contribution is 2.37. The number of nitrogens with zero attached hydrogens (tertiary/aromatic N) is 1. The van der Waals surface area contributed by atoms with Crippen LogP contribution in [0.15, 0.2) is 24.3 Å². The second-order valence-electron chi connectivity index (χ2n) is 6.28. The standard InChI is InChI=1S/C19H26N2O2S/c1-14-6-8-15(9-7-14)19-21-17-5-2-4-16(18(17)24-19)20-10-3-12-23-13-11-22/h6-9,16,20,22H,2-5,10-13H2,1H3. The third-order valence-electron chi connectivity index (χ3n) is 4.34. The van der Waals surface area contributed by atoms with E-state index in [1.54, 1.807) is 0 Å². The molecule has 4 nitrogen and oxygen atoms in total. The van der Waals surface area contributed by atoms with Crippen LogP contribution in [-0.4, -0.2) is 36.5 Å². The lowest BCUT2D eigenvalue weighted by molar-refractivity contribution is 0.0903. The Morgan fingerprint density at radius 2 is 2.12 bits per heavy atom.